The van der Waals surface area contributed by atoms with Gasteiger partial charge in [-0.2, -0.15) is 10.2 Å². The zero-order valence-corrected chi connectivity index (χ0v) is 28.3. The summed E-state index contributed by atoms with van der Waals surface area (Å²) >= 11 is 6.00. The van der Waals surface area contributed by atoms with Crippen LogP contribution in [0.4, 0.5) is 17.1 Å². The summed E-state index contributed by atoms with van der Waals surface area (Å²) < 4.78 is 23.4. The highest BCUT2D eigenvalue weighted by Gasteiger charge is 2.18. The first-order valence-corrected chi connectivity index (χ1v) is 17.4. The van der Waals surface area contributed by atoms with Gasteiger partial charge in [-0.3, -0.25) is 23.1 Å². The number of fused-ring (bicyclic) bond motifs is 1. The minimum Gasteiger partial charge on any atom is -0.497 e. The van der Waals surface area contributed by atoms with E-state index in [0.29, 0.717) is 44.5 Å². The summed E-state index contributed by atoms with van der Waals surface area (Å²) in [6, 6.07) is 26.9. The number of thiol groups is 1. The number of ether oxygens (including phenoxy) is 1. The molecule has 5 rings (SSSR count). The van der Waals surface area contributed by atoms with Crippen LogP contribution in [0.3, 0.4) is 0 Å². The van der Waals surface area contributed by atoms with Crippen molar-refractivity contribution in [3.8, 4) is 5.75 Å². The summed E-state index contributed by atoms with van der Waals surface area (Å²) in [5, 5.41) is 12.7. The number of hydrogen-bond acceptors (Lipinski definition) is 7. The third kappa shape index (κ3) is 8.34. The van der Waals surface area contributed by atoms with Crippen molar-refractivity contribution in [2.24, 2.45) is 10.2 Å². The minimum atomic E-state index is -2.91. The number of methoxy groups -OCH3 is 1. The number of nitrogens with zero attached hydrogens (tertiary/aromatic N) is 4. The van der Waals surface area contributed by atoms with E-state index < -0.39 is 9.97 Å². The fourth-order valence-electron chi connectivity index (χ4n) is 4.98. The van der Waals surface area contributed by atoms with Crippen LogP contribution in [0.5, 0.6) is 5.75 Å². The second kappa shape index (κ2) is 14.8. The van der Waals surface area contributed by atoms with E-state index in [1.165, 1.54) is 4.57 Å². The number of benzene rings is 4. The quantitative estimate of drug-likeness (QED) is 0.0725. The van der Waals surface area contributed by atoms with Crippen molar-refractivity contribution < 1.29 is 18.5 Å². The lowest BCUT2D eigenvalue weighted by Crippen LogP contribution is -2.38. The fourth-order valence-corrected chi connectivity index (χ4v) is 6.54. The smallest absolute Gasteiger partial charge is 0.262 e. The van der Waals surface area contributed by atoms with Crippen molar-refractivity contribution in [2.45, 2.75) is 11.3 Å². The topological polar surface area (TPSA) is 117 Å². The fraction of sp³-hybridized carbons (Fsp3) is 0.176. The lowest BCUT2D eigenvalue weighted by Gasteiger charge is -2.21. The Labute approximate surface area is 280 Å². The molecule has 4 aromatic carbocycles. The number of anilines is 1. The highest BCUT2D eigenvalue weighted by Crippen LogP contribution is 2.28. The molecule has 0 aliphatic carbocycles. The van der Waals surface area contributed by atoms with Crippen LogP contribution >= 0.6 is 11.6 Å². The molecule has 0 spiro atoms. The van der Waals surface area contributed by atoms with Gasteiger partial charge in [0.05, 0.1) is 30.4 Å². The van der Waals surface area contributed by atoms with Gasteiger partial charge in [-0.15, -0.1) is 0 Å². The van der Waals surface area contributed by atoms with Gasteiger partial charge in [-0.05, 0) is 96.6 Å². The molecule has 0 saturated heterocycles. The SMILES string of the molecule is B[SH](=O)(NCCNC(=O)Cc1cn(C(=O)c2ccc(Cl)cc2)c2ccc(OC)cc12)c1ccc(/N=N/c2ccc(N(C)C)cc2)cc1. The molecule has 0 aliphatic rings. The lowest BCUT2D eigenvalue weighted by molar-refractivity contribution is -0.120. The zero-order valence-electron chi connectivity index (χ0n) is 26.6. The zero-order chi connectivity index (χ0) is 33.6. The van der Waals surface area contributed by atoms with Gasteiger partial charge in [0.25, 0.3) is 5.91 Å². The van der Waals surface area contributed by atoms with Crippen molar-refractivity contribution in [3.63, 3.8) is 0 Å². The van der Waals surface area contributed by atoms with Gasteiger partial charge in [0.15, 0.2) is 0 Å². The van der Waals surface area contributed by atoms with Crippen molar-refractivity contribution in [2.75, 3.05) is 39.2 Å². The second-order valence-electron chi connectivity index (χ2n) is 11.2. The summed E-state index contributed by atoms with van der Waals surface area (Å²) in [6.45, 7) is 0.565. The van der Waals surface area contributed by atoms with Gasteiger partial charge >= 0.3 is 0 Å². The van der Waals surface area contributed by atoms with E-state index in [4.69, 9.17) is 16.3 Å². The van der Waals surface area contributed by atoms with E-state index in [1.54, 1.807) is 81.1 Å². The van der Waals surface area contributed by atoms with E-state index in [-0.39, 0.29) is 24.8 Å². The van der Waals surface area contributed by atoms with Gasteiger partial charge in [0, 0.05) is 59.9 Å². The summed E-state index contributed by atoms with van der Waals surface area (Å²) in [5.74, 6) is 0.145. The van der Waals surface area contributed by atoms with E-state index in [2.05, 4.69) is 20.3 Å². The van der Waals surface area contributed by atoms with Gasteiger partial charge in [0.1, 0.15) is 5.75 Å². The van der Waals surface area contributed by atoms with Crippen LogP contribution in [0.15, 0.2) is 112 Å². The highest BCUT2D eigenvalue weighted by molar-refractivity contribution is 8.20. The van der Waals surface area contributed by atoms with Gasteiger partial charge in [-0.1, -0.05) is 21.6 Å². The Hall–Kier alpha value is -4.78. The molecule has 1 aromatic heterocycles. The van der Waals surface area contributed by atoms with E-state index in [0.717, 1.165) is 16.8 Å². The van der Waals surface area contributed by atoms with Crippen LogP contribution in [0.25, 0.3) is 10.9 Å². The molecule has 5 aromatic rings. The number of halogens is 1. The number of amides is 1. The number of aromatic nitrogens is 1. The Morgan fingerprint density at radius 1 is 0.915 bits per heavy atom. The van der Waals surface area contributed by atoms with Gasteiger partial charge in [-0.25, -0.2) is 0 Å². The van der Waals surface area contributed by atoms with E-state index >= 15 is 0 Å². The normalized spacial score (nSPS) is 11.9. The molecule has 0 saturated carbocycles. The molecule has 2 N–H and O–H groups in total. The highest BCUT2D eigenvalue weighted by atomic mass is 35.5. The first-order valence-electron chi connectivity index (χ1n) is 14.9. The number of hydrogen-bond donors (Lipinski definition) is 3. The molecule has 1 amide bonds. The third-order valence-corrected chi connectivity index (χ3v) is 9.97. The maximum atomic E-state index is 13.4. The number of azo groups is 1. The van der Waals surface area contributed by atoms with Crippen LogP contribution in [0.1, 0.15) is 15.9 Å². The molecular weight excluding hydrogens is 635 g/mol. The minimum absolute atomic E-state index is 0.0458. The Balaban J connectivity index is 1.17. The number of nitrogens with one attached hydrogen (secondary N) is 2. The molecule has 47 heavy (non-hydrogen) atoms. The van der Waals surface area contributed by atoms with Crippen molar-refractivity contribution in [1.82, 2.24) is 14.6 Å². The molecule has 0 fully saturated rings. The van der Waals surface area contributed by atoms with Crippen LogP contribution < -0.4 is 19.7 Å². The summed E-state index contributed by atoms with van der Waals surface area (Å²) in [6.07, 6.45) is 1.73. The van der Waals surface area contributed by atoms with Crippen LogP contribution in [-0.4, -0.2) is 62.0 Å². The van der Waals surface area contributed by atoms with Crippen molar-refractivity contribution in [3.05, 3.63) is 113 Å². The molecule has 10 nitrogen and oxygen atoms in total. The number of carbonyl (C=O) groups is 2. The molecule has 1 heterocycles. The first-order chi connectivity index (χ1) is 22.5. The van der Waals surface area contributed by atoms with Gasteiger partial charge < -0.3 is 15.0 Å². The Kier molecular flexibility index (Phi) is 10.5. The van der Waals surface area contributed by atoms with Crippen LogP contribution in [0.2, 0.25) is 5.02 Å². The van der Waals surface area contributed by atoms with Gasteiger partial charge in [0.2, 0.25) is 13.0 Å². The average molecular weight is 671 g/mol. The average Bonchev–Trinajstić information content (AvgIpc) is 3.43. The molecular formula is C34H36BClN6O4S. The summed E-state index contributed by atoms with van der Waals surface area (Å²) in [5.41, 5.74) is 4.27. The lowest BCUT2D eigenvalue weighted by atomic mass is 10.1. The molecule has 0 radical (unpaired) electrons. The molecule has 13 heteroatoms. The number of carbonyl (C=O) groups excluding carboxylic acids is 2. The molecule has 0 unspecified atom stereocenters. The van der Waals surface area contributed by atoms with Crippen molar-refractivity contribution in [1.29, 1.82) is 0 Å². The Morgan fingerprint density at radius 2 is 1.55 bits per heavy atom. The molecule has 0 bridgehead atoms. The van der Waals surface area contributed by atoms with E-state index in [1.807, 2.05) is 49.3 Å². The second-order valence-corrected chi connectivity index (χ2v) is 14.3. The van der Waals surface area contributed by atoms with Crippen molar-refractivity contribution >= 4 is 68.5 Å². The predicted molar refractivity (Wildman–Crippen MR) is 192 cm³/mol. The summed E-state index contributed by atoms with van der Waals surface area (Å²) in [7, 11) is 4.26. The summed E-state index contributed by atoms with van der Waals surface area (Å²) in [4.78, 5) is 29.0. The number of rotatable bonds is 12. The third-order valence-electron chi connectivity index (χ3n) is 7.61. The van der Waals surface area contributed by atoms with Crippen LogP contribution in [-0.2, 0) is 21.2 Å². The first kappa shape index (κ1) is 33.6. The maximum absolute atomic E-state index is 13.4. The predicted octanol–water partition coefficient (Wildman–Crippen LogP) is 5.26. The monoisotopic (exact) mass is 670 g/mol. The maximum Gasteiger partial charge on any atom is 0.262 e. The van der Waals surface area contributed by atoms with E-state index in [9.17, 15) is 13.8 Å². The standard InChI is InChI=1S/C34H36BClN6O4S/c1-41(2)28-12-8-26(9-13-28)39-40-27-10-15-30(16-11-27)47(35,45)38-19-18-37-33(43)20-24-22-42(32-17-14-29(46-3)21-31(24)32)34(44)23-4-6-25(36)7-5-23/h4-17,21-22,47H,18-20,35H2,1-3H3,(H,37,43)(H,38,45)/b40-39+. The molecule has 0 aliphatic heterocycles. The molecule has 0 atom stereocenters. The largest absolute Gasteiger partial charge is 0.497 e. The Bertz CT molecular complexity index is 1960. The molecule has 242 valence electrons. The van der Waals surface area contributed by atoms with Crippen LogP contribution in [0, 0.1) is 0 Å². The Morgan fingerprint density at radius 3 is 2.17 bits per heavy atom.